The number of amides is 1. The fourth-order valence-electron chi connectivity index (χ4n) is 1.22. The van der Waals surface area contributed by atoms with Gasteiger partial charge in [0, 0.05) is 13.1 Å². The number of thioether (sulfide) groups is 1. The molecule has 0 saturated carbocycles. The molecule has 0 aliphatic carbocycles. The Labute approximate surface area is 123 Å². The van der Waals surface area contributed by atoms with Crippen LogP contribution >= 0.6 is 23.1 Å². The predicted molar refractivity (Wildman–Crippen MR) is 81.9 cm³/mol. The summed E-state index contributed by atoms with van der Waals surface area (Å²) >= 11 is 2.94. The first-order valence-corrected chi connectivity index (χ1v) is 8.24. The topological polar surface area (TPSA) is 66.9 Å². The van der Waals surface area contributed by atoms with Gasteiger partial charge in [0.05, 0.1) is 5.25 Å². The normalized spacial score (nSPS) is 12.5. The van der Waals surface area contributed by atoms with Gasteiger partial charge >= 0.3 is 0 Å². The van der Waals surface area contributed by atoms with Crippen LogP contribution < -0.4 is 10.6 Å². The lowest BCUT2D eigenvalue weighted by molar-refractivity contribution is -0.120. The Balaban J connectivity index is 2.42. The van der Waals surface area contributed by atoms with Crippen molar-refractivity contribution in [2.45, 2.75) is 43.7 Å². The van der Waals surface area contributed by atoms with E-state index in [1.165, 1.54) is 23.1 Å². The van der Waals surface area contributed by atoms with Gasteiger partial charge in [-0.2, -0.15) is 0 Å². The maximum absolute atomic E-state index is 11.7. The van der Waals surface area contributed by atoms with E-state index in [0.29, 0.717) is 5.92 Å². The number of hydrogen-bond donors (Lipinski definition) is 2. The van der Waals surface area contributed by atoms with Crippen LogP contribution in [0.5, 0.6) is 0 Å². The molecule has 1 atom stereocenters. The second-order valence-corrected chi connectivity index (χ2v) is 7.26. The molecular weight excluding hydrogens is 280 g/mol. The summed E-state index contributed by atoms with van der Waals surface area (Å²) in [5, 5.41) is 14.9. The molecule has 0 aliphatic heterocycles. The van der Waals surface area contributed by atoms with Crippen molar-refractivity contribution in [2.75, 3.05) is 18.4 Å². The van der Waals surface area contributed by atoms with E-state index in [1.54, 1.807) is 0 Å². The highest BCUT2D eigenvalue weighted by Crippen LogP contribution is 2.28. The van der Waals surface area contributed by atoms with Crippen molar-refractivity contribution in [2.24, 2.45) is 5.92 Å². The van der Waals surface area contributed by atoms with E-state index in [0.717, 1.165) is 29.0 Å². The standard InChI is InChI=1S/C12H22N4OS2/c1-5-6-13-10(17)9(4)18-12-16-15-11(19-12)14-7-8(2)3/h8-9H,5-7H2,1-4H3,(H,13,17)(H,14,15). The van der Waals surface area contributed by atoms with Crippen LogP contribution in [0.15, 0.2) is 4.34 Å². The van der Waals surface area contributed by atoms with Crippen LogP contribution in [0, 0.1) is 5.92 Å². The van der Waals surface area contributed by atoms with Crippen LogP contribution in [0.2, 0.25) is 0 Å². The summed E-state index contributed by atoms with van der Waals surface area (Å²) < 4.78 is 0.824. The molecule has 0 spiro atoms. The zero-order valence-electron chi connectivity index (χ0n) is 11.9. The average Bonchev–Trinajstić information content (AvgIpc) is 2.81. The lowest BCUT2D eigenvalue weighted by Gasteiger charge is -2.08. The van der Waals surface area contributed by atoms with Gasteiger partial charge in [0.1, 0.15) is 0 Å². The molecule has 0 saturated heterocycles. The van der Waals surface area contributed by atoms with Gasteiger partial charge < -0.3 is 10.6 Å². The predicted octanol–water partition coefficient (Wildman–Crippen LogP) is 2.61. The molecule has 7 heteroatoms. The molecule has 1 unspecified atom stereocenters. The van der Waals surface area contributed by atoms with E-state index >= 15 is 0 Å². The summed E-state index contributed by atoms with van der Waals surface area (Å²) in [6.45, 7) is 9.81. The lowest BCUT2D eigenvalue weighted by Crippen LogP contribution is -2.31. The van der Waals surface area contributed by atoms with Crippen molar-refractivity contribution in [1.29, 1.82) is 0 Å². The van der Waals surface area contributed by atoms with Crippen molar-refractivity contribution in [3.63, 3.8) is 0 Å². The fraction of sp³-hybridized carbons (Fsp3) is 0.750. The van der Waals surface area contributed by atoms with Gasteiger partial charge in [-0.15, -0.1) is 10.2 Å². The van der Waals surface area contributed by atoms with E-state index in [2.05, 4.69) is 34.7 Å². The maximum Gasteiger partial charge on any atom is 0.233 e. The Bertz CT molecular complexity index is 395. The van der Waals surface area contributed by atoms with Crippen LogP contribution in [0.4, 0.5) is 5.13 Å². The third-order valence-corrected chi connectivity index (χ3v) is 4.33. The van der Waals surface area contributed by atoms with Crippen molar-refractivity contribution in [1.82, 2.24) is 15.5 Å². The smallest absolute Gasteiger partial charge is 0.233 e. The number of carbonyl (C=O) groups excluding carboxylic acids is 1. The maximum atomic E-state index is 11.7. The third kappa shape index (κ3) is 6.24. The van der Waals surface area contributed by atoms with Gasteiger partial charge in [0.2, 0.25) is 11.0 Å². The summed E-state index contributed by atoms with van der Waals surface area (Å²) in [5.74, 6) is 0.623. The molecule has 0 aliphatic rings. The first-order valence-electron chi connectivity index (χ1n) is 6.54. The van der Waals surface area contributed by atoms with E-state index in [1.807, 2.05) is 13.8 Å². The number of rotatable bonds is 8. The molecule has 5 nitrogen and oxygen atoms in total. The number of anilines is 1. The Morgan fingerprint density at radius 3 is 2.74 bits per heavy atom. The molecule has 2 N–H and O–H groups in total. The van der Waals surface area contributed by atoms with E-state index in [4.69, 9.17) is 0 Å². The molecule has 1 aromatic heterocycles. The van der Waals surface area contributed by atoms with Gasteiger partial charge in [0.15, 0.2) is 4.34 Å². The largest absolute Gasteiger partial charge is 0.360 e. The van der Waals surface area contributed by atoms with Crippen LogP contribution in [0.1, 0.15) is 34.1 Å². The number of nitrogens with zero attached hydrogens (tertiary/aromatic N) is 2. The minimum absolute atomic E-state index is 0.0544. The van der Waals surface area contributed by atoms with Gasteiger partial charge in [0.25, 0.3) is 0 Å². The zero-order chi connectivity index (χ0) is 14.3. The second-order valence-electron chi connectivity index (χ2n) is 4.70. The summed E-state index contributed by atoms with van der Waals surface area (Å²) in [6, 6.07) is 0. The van der Waals surface area contributed by atoms with Crippen LogP contribution in [0.25, 0.3) is 0 Å². The molecular formula is C12H22N4OS2. The Kier molecular flexibility index (Phi) is 7.15. The monoisotopic (exact) mass is 302 g/mol. The summed E-state index contributed by atoms with van der Waals surface area (Å²) in [4.78, 5) is 11.7. The highest BCUT2D eigenvalue weighted by molar-refractivity contribution is 8.02. The molecule has 108 valence electrons. The number of nitrogens with one attached hydrogen (secondary N) is 2. The van der Waals surface area contributed by atoms with Crippen molar-refractivity contribution < 1.29 is 4.79 Å². The molecule has 0 radical (unpaired) electrons. The molecule has 1 amide bonds. The molecule has 19 heavy (non-hydrogen) atoms. The molecule has 0 fully saturated rings. The first-order chi connectivity index (χ1) is 9.02. The highest BCUT2D eigenvalue weighted by Gasteiger charge is 2.16. The number of hydrogen-bond acceptors (Lipinski definition) is 6. The molecule has 1 aromatic rings. The van der Waals surface area contributed by atoms with E-state index in [-0.39, 0.29) is 11.2 Å². The quantitative estimate of drug-likeness (QED) is 0.723. The van der Waals surface area contributed by atoms with Crippen molar-refractivity contribution in [3.8, 4) is 0 Å². The van der Waals surface area contributed by atoms with Gasteiger partial charge in [-0.05, 0) is 19.3 Å². The molecule has 0 aromatic carbocycles. The first kappa shape index (κ1) is 16.2. The van der Waals surface area contributed by atoms with E-state index in [9.17, 15) is 4.79 Å². The molecule has 0 bridgehead atoms. The minimum atomic E-state index is -0.141. The number of aromatic nitrogens is 2. The highest BCUT2D eigenvalue weighted by atomic mass is 32.2. The Morgan fingerprint density at radius 2 is 2.11 bits per heavy atom. The van der Waals surface area contributed by atoms with Crippen molar-refractivity contribution >= 4 is 34.1 Å². The van der Waals surface area contributed by atoms with Crippen molar-refractivity contribution in [3.05, 3.63) is 0 Å². The fourth-order valence-corrected chi connectivity index (χ4v) is 3.14. The van der Waals surface area contributed by atoms with Gasteiger partial charge in [-0.3, -0.25) is 4.79 Å². The van der Waals surface area contributed by atoms with Gasteiger partial charge in [-0.25, -0.2) is 0 Å². The second kappa shape index (κ2) is 8.37. The zero-order valence-corrected chi connectivity index (χ0v) is 13.5. The summed E-state index contributed by atoms with van der Waals surface area (Å²) in [5.41, 5.74) is 0. The van der Waals surface area contributed by atoms with Crippen LogP contribution in [0.3, 0.4) is 0 Å². The Hall–Kier alpha value is -0.820. The van der Waals surface area contributed by atoms with Crippen LogP contribution in [-0.2, 0) is 4.79 Å². The van der Waals surface area contributed by atoms with E-state index < -0.39 is 0 Å². The summed E-state index contributed by atoms with van der Waals surface area (Å²) in [7, 11) is 0. The summed E-state index contributed by atoms with van der Waals surface area (Å²) in [6.07, 6.45) is 0.950. The molecule has 1 heterocycles. The third-order valence-electron chi connectivity index (χ3n) is 2.26. The number of carbonyl (C=O) groups is 1. The average molecular weight is 302 g/mol. The molecule has 1 rings (SSSR count). The Morgan fingerprint density at radius 1 is 1.37 bits per heavy atom. The SMILES string of the molecule is CCCNC(=O)C(C)Sc1nnc(NCC(C)C)s1. The minimum Gasteiger partial charge on any atom is -0.360 e. The lowest BCUT2D eigenvalue weighted by atomic mass is 10.2. The van der Waals surface area contributed by atoms with Gasteiger partial charge in [-0.1, -0.05) is 43.9 Å². The van der Waals surface area contributed by atoms with Crippen LogP contribution in [-0.4, -0.2) is 34.4 Å².